The SMILES string of the molecule is Cc1cc(C[C@@H]2CN(C(=O)Cc3coc4c(C)c(C)cc(C)c34)C[C@@H]2O)on1. The summed E-state index contributed by atoms with van der Waals surface area (Å²) in [6.07, 6.45) is 2.00. The number of benzene rings is 1. The molecule has 1 saturated heterocycles. The lowest BCUT2D eigenvalue weighted by Gasteiger charge is -2.16. The van der Waals surface area contributed by atoms with Gasteiger partial charge in [-0.3, -0.25) is 4.79 Å². The van der Waals surface area contributed by atoms with E-state index in [1.807, 2.05) is 26.8 Å². The number of carbonyl (C=O) groups excluding carboxylic acids is 1. The van der Waals surface area contributed by atoms with Gasteiger partial charge in [-0.2, -0.15) is 0 Å². The maximum atomic E-state index is 12.9. The Balaban J connectivity index is 1.49. The largest absolute Gasteiger partial charge is 0.464 e. The molecule has 0 bridgehead atoms. The predicted molar refractivity (Wildman–Crippen MR) is 105 cm³/mol. The second-order valence-corrected chi connectivity index (χ2v) is 8.04. The van der Waals surface area contributed by atoms with E-state index in [4.69, 9.17) is 8.94 Å². The summed E-state index contributed by atoms with van der Waals surface area (Å²) in [7, 11) is 0. The Labute approximate surface area is 164 Å². The lowest BCUT2D eigenvalue weighted by molar-refractivity contribution is -0.129. The summed E-state index contributed by atoms with van der Waals surface area (Å²) >= 11 is 0. The molecule has 3 heterocycles. The molecule has 148 valence electrons. The number of β-amino-alcohol motifs (C(OH)–C–C–N with tert-alkyl or cyclic N) is 1. The van der Waals surface area contributed by atoms with E-state index in [-0.39, 0.29) is 18.2 Å². The number of furan rings is 1. The molecule has 2 atom stereocenters. The third-order valence-corrected chi connectivity index (χ3v) is 5.87. The minimum Gasteiger partial charge on any atom is -0.464 e. The normalized spacial score (nSPS) is 19.7. The number of fused-ring (bicyclic) bond motifs is 1. The molecule has 1 aromatic carbocycles. The lowest BCUT2D eigenvalue weighted by atomic mass is 9.99. The van der Waals surface area contributed by atoms with Gasteiger partial charge in [0.15, 0.2) is 0 Å². The average molecular weight is 382 g/mol. The first-order valence-corrected chi connectivity index (χ1v) is 9.68. The second-order valence-electron chi connectivity index (χ2n) is 8.04. The van der Waals surface area contributed by atoms with Crippen LogP contribution in [-0.2, 0) is 17.6 Å². The summed E-state index contributed by atoms with van der Waals surface area (Å²) in [5.41, 5.74) is 6.01. The molecule has 1 fully saturated rings. The standard InChI is InChI=1S/C22H26N2O4/c1-12-5-13(2)21-17(11-27-22(21)15(12)4)8-20(26)24-9-16(19(25)10-24)7-18-6-14(3)23-28-18/h5-6,11,16,19,25H,7-10H2,1-4H3/t16-,19+/m1/s1. The van der Waals surface area contributed by atoms with Gasteiger partial charge in [0, 0.05) is 42.4 Å². The number of amides is 1. The van der Waals surface area contributed by atoms with Crippen LogP contribution in [0.4, 0.5) is 0 Å². The maximum Gasteiger partial charge on any atom is 0.227 e. The van der Waals surface area contributed by atoms with Crippen molar-refractivity contribution in [2.75, 3.05) is 13.1 Å². The number of aryl methyl sites for hydroxylation is 4. The van der Waals surface area contributed by atoms with Crippen molar-refractivity contribution in [2.24, 2.45) is 5.92 Å². The van der Waals surface area contributed by atoms with Crippen LogP contribution in [0.15, 0.2) is 27.3 Å². The average Bonchev–Trinajstić information content (AvgIpc) is 3.33. The topological polar surface area (TPSA) is 79.7 Å². The molecule has 1 aliphatic rings. The van der Waals surface area contributed by atoms with Crippen molar-refractivity contribution in [2.45, 2.75) is 46.6 Å². The summed E-state index contributed by atoms with van der Waals surface area (Å²) in [4.78, 5) is 14.6. The molecule has 6 nitrogen and oxygen atoms in total. The molecular formula is C22H26N2O4. The van der Waals surface area contributed by atoms with E-state index in [0.717, 1.165) is 39.1 Å². The summed E-state index contributed by atoms with van der Waals surface area (Å²) < 4.78 is 11.0. The molecule has 0 aliphatic carbocycles. The molecule has 6 heteroatoms. The highest BCUT2D eigenvalue weighted by molar-refractivity contribution is 5.92. The van der Waals surface area contributed by atoms with Gasteiger partial charge in [-0.05, 0) is 44.4 Å². The Morgan fingerprint density at radius 3 is 2.71 bits per heavy atom. The van der Waals surface area contributed by atoms with E-state index in [1.54, 1.807) is 11.2 Å². The number of hydrogen-bond acceptors (Lipinski definition) is 5. The smallest absolute Gasteiger partial charge is 0.227 e. The van der Waals surface area contributed by atoms with Gasteiger partial charge in [0.1, 0.15) is 11.3 Å². The first kappa shape index (κ1) is 18.7. The molecule has 0 spiro atoms. The van der Waals surface area contributed by atoms with E-state index in [1.165, 1.54) is 5.56 Å². The van der Waals surface area contributed by atoms with Crippen LogP contribution in [0.1, 0.15) is 33.7 Å². The van der Waals surface area contributed by atoms with Gasteiger partial charge in [0.05, 0.1) is 24.5 Å². The van der Waals surface area contributed by atoms with E-state index in [2.05, 4.69) is 18.1 Å². The number of hydrogen-bond donors (Lipinski definition) is 1. The molecule has 4 rings (SSSR count). The Morgan fingerprint density at radius 2 is 2.00 bits per heavy atom. The highest BCUT2D eigenvalue weighted by atomic mass is 16.5. The van der Waals surface area contributed by atoms with Crippen molar-refractivity contribution < 1.29 is 18.8 Å². The zero-order valence-electron chi connectivity index (χ0n) is 16.8. The zero-order valence-corrected chi connectivity index (χ0v) is 16.8. The first-order valence-electron chi connectivity index (χ1n) is 9.68. The van der Waals surface area contributed by atoms with Crippen molar-refractivity contribution in [3.63, 3.8) is 0 Å². The molecular weight excluding hydrogens is 356 g/mol. The summed E-state index contributed by atoms with van der Waals surface area (Å²) in [5, 5.41) is 15.3. The van der Waals surface area contributed by atoms with Crippen LogP contribution in [0, 0.1) is 33.6 Å². The van der Waals surface area contributed by atoms with Crippen LogP contribution < -0.4 is 0 Å². The van der Waals surface area contributed by atoms with Crippen LogP contribution in [0.2, 0.25) is 0 Å². The second kappa shape index (κ2) is 7.09. The van der Waals surface area contributed by atoms with Crippen molar-refractivity contribution in [1.29, 1.82) is 0 Å². The number of rotatable bonds is 4. The Kier molecular flexibility index (Phi) is 4.75. The summed E-state index contributed by atoms with van der Waals surface area (Å²) in [6, 6.07) is 4.01. The van der Waals surface area contributed by atoms with Crippen LogP contribution >= 0.6 is 0 Å². The molecule has 1 N–H and O–H groups in total. The lowest BCUT2D eigenvalue weighted by Crippen LogP contribution is -2.31. The highest BCUT2D eigenvalue weighted by Gasteiger charge is 2.35. The maximum absolute atomic E-state index is 12.9. The number of nitrogens with zero attached hydrogens (tertiary/aromatic N) is 2. The number of aliphatic hydroxyl groups is 1. The van der Waals surface area contributed by atoms with Gasteiger partial charge in [0.25, 0.3) is 0 Å². The van der Waals surface area contributed by atoms with Crippen molar-refractivity contribution in [3.8, 4) is 0 Å². The fourth-order valence-corrected chi connectivity index (χ4v) is 4.22. The van der Waals surface area contributed by atoms with Gasteiger partial charge in [-0.15, -0.1) is 0 Å². The van der Waals surface area contributed by atoms with Gasteiger partial charge >= 0.3 is 0 Å². The number of aromatic nitrogens is 1. The molecule has 28 heavy (non-hydrogen) atoms. The van der Waals surface area contributed by atoms with E-state index >= 15 is 0 Å². The molecule has 2 aromatic heterocycles. The number of aliphatic hydroxyl groups excluding tert-OH is 1. The Hall–Kier alpha value is -2.60. The van der Waals surface area contributed by atoms with E-state index < -0.39 is 6.10 Å². The van der Waals surface area contributed by atoms with Crippen molar-refractivity contribution in [3.05, 3.63) is 52.1 Å². The highest BCUT2D eigenvalue weighted by Crippen LogP contribution is 2.31. The van der Waals surface area contributed by atoms with E-state index in [9.17, 15) is 9.90 Å². The molecule has 1 aliphatic heterocycles. The number of carbonyl (C=O) groups is 1. The van der Waals surface area contributed by atoms with Crippen LogP contribution in [0.3, 0.4) is 0 Å². The fraction of sp³-hybridized carbons (Fsp3) is 0.455. The van der Waals surface area contributed by atoms with Gasteiger partial charge in [-0.25, -0.2) is 0 Å². The Bertz CT molecular complexity index is 1030. The molecule has 0 radical (unpaired) electrons. The minimum atomic E-state index is -0.554. The molecule has 0 unspecified atom stereocenters. The molecule has 3 aromatic rings. The van der Waals surface area contributed by atoms with Crippen LogP contribution in [0.25, 0.3) is 11.0 Å². The molecule has 0 saturated carbocycles. The third-order valence-electron chi connectivity index (χ3n) is 5.87. The Morgan fingerprint density at radius 1 is 1.21 bits per heavy atom. The predicted octanol–water partition coefficient (Wildman–Crippen LogP) is 3.26. The van der Waals surface area contributed by atoms with Gasteiger partial charge < -0.3 is 18.9 Å². The molecule has 1 amide bonds. The van der Waals surface area contributed by atoms with E-state index in [0.29, 0.717) is 19.5 Å². The monoisotopic (exact) mass is 382 g/mol. The number of likely N-dealkylation sites (tertiary alicyclic amines) is 1. The minimum absolute atomic E-state index is 0.00984. The van der Waals surface area contributed by atoms with Gasteiger partial charge in [-0.1, -0.05) is 11.2 Å². The third kappa shape index (κ3) is 3.33. The van der Waals surface area contributed by atoms with Crippen LogP contribution in [-0.4, -0.2) is 40.3 Å². The van der Waals surface area contributed by atoms with Crippen molar-refractivity contribution >= 4 is 16.9 Å². The zero-order chi connectivity index (χ0) is 20.0. The summed E-state index contributed by atoms with van der Waals surface area (Å²) in [5.74, 6) is 0.720. The summed E-state index contributed by atoms with van der Waals surface area (Å²) in [6.45, 7) is 8.90. The van der Waals surface area contributed by atoms with Crippen LogP contribution in [0.5, 0.6) is 0 Å². The fourth-order valence-electron chi connectivity index (χ4n) is 4.22. The quantitative estimate of drug-likeness (QED) is 0.749. The van der Waals surface area contributed by atoms with Gasteiger partial charge in [0.2, 0.25) is 5.91 Å². The van der Waals surface area contributed by atoms with Crippen molar-refractivity contribution in [1.82, 2.24) is 10.1 Å². The first-order chi connectivity index (χ1) is 13.3.